The number of nitrogens with one attached hydrogen (secondary N) is 1. The molecule has 0 saturated carbocycles. The Morgan fingerprint density at radius 3 is 3.00 bits per heavy atom. The molecule has 0 aliphatic carbocycles. The summed E-state index contributed by atoms with van der Waals surface area (Å²) in [5, 5.41) is 15.8. The molecule has 0 aliphatic rings. The Morgan fingerprint density at radius 1 is 1.50 bits per heavy atom. The van der Waals surface area contributed by atoms with Crippen molar-refractivity contribution in [1.82, 2.24) is 10.5 Å². The summed E-state index contributed by atoms with van der Waals surface area (Å²) in [5.74, 6) is 0.819. The minimum absolute atomic E-state index is 0.678. The second-order valence-electron chi connectivity index (χ2n) is 3.41. The van der Waals surface area contributed by atoms with Crippen LogP contribution in [0.4, 0.5) is 0 Å². The van der Waals surface area contributed by atoms with Crippen molar-refractivity contribution in [3.8, 4) is 6.07 Å². The molecule has 4 nitrogen and oxygen atoms in total. The summed E-state index contributed by atoms with van der Waals surface area (Å²) in [5.41, 5.74) is 0.898. The van der Waals surface area contributed by atoms with Crippen LogP contribution in [0.3, 0.4) is 0 Å². The molecule has 2 aromatic heterocycles. The molecule has 0 aliphatic heterocycles. The lowest BCUT2D eigenvalue weighted by Crippen LogP contribution is -2.11. The minimum Gasteiger partial charge on any atom is -0.361 e. The molecule has 1 N–H and O–H groups in total. The van der Waals surface area contributed by atoms with Crippen molar-refractivity contribution in [1.29, 1.82) is 5.26 Å². The third kappa shape index (κ3) is 2.69. The van der Waals surface area contributed by atoms with Crippen molar-refractivity contribution < 1.29 is 4.52 Å². The highest BCUT2D eigenvalue weighted by Crippen LogP contribution is 2.14. The van der Waals surface area contributed by atoms with Crippen molar-refractivity contribution in [3.63, 3.8) is 0 Å². The SMILES string of the molecule is Cc1cc(CNCc2ccc(C#N)s2)no1. The molecule has 0 bridgehead atoms. The molecule has 0 aromatic carbocycles. The maximum atomic E-state index is 8.67. The molecule has 5 heteroatoms. The van der Waals surface area contributed by atoms with Gasteiger partial charge >= 0.3 is 0 Å². The van der Waals surface area contributed by atoms with E-state index in [9.17, 15) is 0 Å². The van der Waals surface area contributed by atoms with Crippen LogP contribution in [0.1, 0.15) is 21.2 Å². The lowest BCUT2D eigenvalue weighted by Gasteiger charge is -1.98. The van der Waals surface area contributed by atoms with Gasteiger partial charge in [0, 0.05) is 24.0 Å². The van der Waals surface area contributed by atoms with Gasteiger partial charge in [-0.25, -0.2) is 0 Å². The number of hydrogen-bond donors (Lipinski definition) is 1. The number of nitriles is 1. The van der Waals surface area contributed by atoms with Gasteiger partial charge in [0.2, 0.25) is 0 Å². The molecule has 0 saturated heterocycles. The first-order valence-electron chi connectivity index (χ1n) is 4.89. The van der Waals surface area contributed by atoms with E-state index < -0.39 is 0 Å². The number of hydrogen-bond acceptors (Lipinski definition) is 5. The Kier molecular flexibility index (Phi) is 3.34. The molecule has 2 heterocycles. The summed E-state index contributed by atoms with van der Waals surface area (Å²) in [6, 6.07) is 7.82. The molecule has 16 heavy (non-hydrogen) atoms. The Bertz CT molecular complexity index is 509. The maximum absolute atomic E-state index is 8.67. The topological polar surface area (TPSA) is 61.9 Å². The molecular weight excluding hydrogens is 222 g/mol. The summed E-state index contributed by atoms with van der Waals surface area (Å²) in [6.07, 6.45) is 0. The van der Waals surface area contributed by atoms with Gasteiger partial charge in [-0.3, -0.25) is 0 Å². The van der Waals surface area contributed by atoms with Crippen LogP contribution in [0.15, 0.2) is 22.7 Å². The maximum Gasteiger partial charge on any atom is 0.133 e. The van der Waals surface area contributed by atoms with Crippen LogP contribution < -0.4 is 5.32 Å². The minimum atomic E-state index is 0.678. The summed E-state index contributed by atoms with van der Waals surface area (Å²) >= 11 is 1.51. The third-order valence-corrected chi connectivity index (χ3v) is 3.04. The van der Waals surface area contributed by atoms with Gasteiger partial charge in [0.05, 0.1) is 5.69 Å². The molecule has 2 rings (SSSR count). The Morgan fingerprint density at radius 2 is 2.38 bits per heavy atom. The van der Waals surface area contributed by atoms with Crippen LogP contribution in [0, 0.1) is 18.3 Å². The number of nitrogens with zero attached hydrogens (tertiary/aromatic N) is 2. The van der Waals surface area contributed by atoms with Crippen LogP contribution >= 0.6 is 11.3 Å². The van der Waals surface area contributed by atoms with Crippen molar-refractivity contribution in [2.45, 2.75) is 20.0 Å². The van der Waals surface area contributed by atoms with Crippen molar-refractivity contribution in [2.75, 3.05) is 0 Å². The van der Waals surface area contributed by atoms with Crippen LogP contribution in [-0.4, -0.2) is 5.16 Å². The predicted molar refractivity (Wildman–Crippen MR) is 60.8 cm³/mol. The van der Waals surface area contributed by atoms with Crippen molar-refractivity contribution >= 4 is 11.3 Å². The quantitative estimate of drug-likeness (QED) is 0.879. The summed E-state index contributed by atoms with van der Waals surface area (Å²) in [7, 11) is 0. The second kappa shape index (κ2) is 4.92. The monoisotopic (exact) mass is 233 g/mol. The first kappa shape index (κ1) is 10.9. The van der Waals surface area contributed by atoms with Gasteiger partial charge in [0.1, 0.15) is 16.7 Å². The van der Waals surface area contributed by atoms with Gasteiger partial charge in [-0.05, 0) is 19.1 Å². The van der Waals surface area contributed by atoms with E-state index in [0.717, 1.165) is 27.8 Å². The van der Waals surface area contributed by atoms with E-state index in [1.165, 1.54) is 11.3 Å². The van der Waals surface area contributed by atoms with Gasteiger partial charge in [0.15, 0.2) is 0 Å². The molecule has 0 fully saturated rings. The van der Waals surface area contributed by atoms with Crippen LogP contribution in [-0.2, 0) is 13.1 Å². The van der Waals surface area contributed by atoms with Crippen LogP contribution in [0.5, 0.6) is 0 Å². The fourth-order valence-corrected chi connectivity index (χ4v) is 2.12. The van der Waals surface area contributed by atoms with Crippen LogP contribution in [0.25, 0.3) is 0 Å². The first-order valence-corrected chi connectivity index (χ1v) is 5.71. The first-order chi connectivity index (χ1) is 7.78. The van der Waals surface area contributed by atoms with E-state index in [4.69, 9.17) is 9.78 Å². The second-order valence-corrected chi connectivity index (χ2v) is 4.58. The van der Waals surface area contributed by atoms with E-state index in [1.807, 2.05) is 25.1 Å². The average molecular weight is 233 g/mol. The van der Waals surface area contributed by atoms with E-state index in [0.29, 0.717) is 6.54 Å². The summed E-state index contributed by atoms with van der Waals surface area (Å²) in [4.78, 5) is 1.89. The lowest BCUT2D eigenvalue weighted by molar-refractivity contribution is 0.388. The summed E-state index contributed by atoms with van der Waals surface area (Å²) < 4.78 is 4.96. The smallest absolute Gasteiger partial charge is 0.133 e. The number of thiophene rings is 1. The highest BCUT2D eigenvalue weighted by Gasteiger charge is 2.01. The predicted octanol–water partition coefficient (Wildman–Crippen LogP) is 2.21. The molecule has 0 unspecified atom stereocenters. The van der Waals surface area contributed by atoms with Gasteiger partial charge < -0.3 is 9.84 Å². The van der Waals surface area contributed by atoms with Gasteiger partial charge in [-0.1, -0.05) is 5.16 Å². The molecule has 0 atom stereocenters. The standard InChI is InChI=1S/C11H11N3OS/c1-8-4-9(14-15-8)6-13-7-11-3-2-10(5-12)16-11/h2-4,13H,6-7H2,1H3. The van der Waals surface area contributed by atoms with E-state index in [1.54, 1.807) is 0 Å². The van der Waals surface area contributed by atoms with E-state index in [2.05, 4.69) is 16.5 Å². The molecule has 2 aromatic rings. The highest BCUT2D eigenvalue weighted by molar-refractivity contribution is 7.12. The average Bonchev–Trinajstić information content (AvgIpc) is 2.88. The van der Waals surface area contributed by atoms with Gasteiger partial charge in [-0.2, -0.15) is 5.26 Å². The lowest BCUT2D eigenvalue weighted by atomic mass is 10.3. The molecular formula is C11H11N3OS. The molecule has 0 amide bonds. The normalized spacial score (nSPS) is 10.2. The molecule has 0 radical (unpaired) electrons. The highest BCUT2D eigenvalue weighted by atomic mass is 32.1. The van der Waals surface area contributed by atoms with Gasteiger partial charge in [0.25, 0.3) is 0 Å². The number of rotatable bonds is 4. The van der Waals surface area contributed by atoms with E-state index >= 15 is 0 Å². The zero-order valence-corrected chi connectivity index (χ0v) is 9.67. The van der Waals surface area contributed by atoms with Gasteiger partial charge in [-0.15, -0.1) is 11.3 Å². The van der Waals surface area contributed by atoms with Crippen LogP contribution in [0.2, 0.25) is 0 Å². The van der Waals surface area contributed by atoms with Crippen molar-refractivity contribution in [2.24, 2.45) is 0 Å². The molecule has 0 spiro atoms. The number of aromatic nitrogens is 1. The Labute approximate surface area is 97.5 Å². The zero-order valence-electron chi connectivity index (χ0n) is 8.86. The number of aryl methyl sites for hydroxylation is 1. The summed E-state index contributed by atoms with van der Waals surface area (Å²) in [6.45, 7) is 3.30. The van der Waals surface area contributed by atoms with Crippen molar-refractivity contribution in [3.05, 3.63) is 39.4 Å². The largest absolute Gasteiger partial charge is 0.361 e. The molecule has 82 valence electrons. The fraction of sp³-hybridized carbons (Fsp3) is 0.273. The van der Waals surface area contributed by atoms with E-state index in [-0.39, 0.29) is 0 Å². The third-order valence-electron chi connectivity index (χ3n) is 2.05. The zero-order chi connectivity index (χ0) is 11.4. The Balaban J connectivity index is 1.82. The fourth-order valence-electron chi connectivity index (χ4n) is 1.35. The Hall–Kier alpha value is -1.64.